The average Bonchev–Trinajstić information content (AvgIpc) is 3.12. The van der Waals surface area contributed by atoms with Gasteiger partial charge in [0.2, 0.25) is 6.79 Å². The fraction of sp³-hybridized carbons (Fsp3) is 0.300. The third kappa shape index (κ3) is 3.25. The number of rotatable bonds is 4. The molecule has 0 aromatic heterocycles. The van der Waals surface area contributed by atoms with Gasteiger partial charge in [0.1, 0.15) is 29.9 Å². The SMILES string of the molecule is Cc1cc(F)ccc1O[C@H]1C=C[C@@H](c2ccc3c(c2)OCO3)O[C@H]1CO. The summed E-state index contributed by atoms with van der Waals surface area (Å²) < 4.78 is 35.9. The van der Waals surface area contributed by atoms with Gasteiger partial charge < -0.3 is 24.1 Å². The third-order valence-electron chi connectivity index (χ3n) is 4.47. The van der Waals surface area contributed by atoms with Crippen molar-refractivity contribution >= 4 is 0 Å². The number of aliphatic hydroxyl groups is 1. The summed E-state index contributed by atoms with van der Waals surface area (Å²) in [6.45, 7) is 1.79. The van der Waals surface area contributed by atoms with Crippen LogP contribution in [-0.4, -0.2) is 30.7 Å². The lowest BCUT2D eigenvalue weighted by molar-refractivity contribution is -0.0733. The van der Waals surface area contributed by atoms with Gasteiger partial charge in [-0.3, -0.25) is 0 Å². The Morgan fingerprint density at radius 2 is 1.96 bits per heavy atom. The molecule has 0 aliphatic carbocycles. The van der Waals surface area contributed by atoms with E-state index in [0.717, 1.165) is 5.56 Å². The molecular formula is C20H19FO5. The summed E-state index contributed by atoms with van der Waals surface area (Å²) >= 11 is 0. The fourth-order valence-electron chi connectivity index (χ4n) is 3.08. The maximum Gasteiger partial charge on any atom is 0.231 e. The normalized spacial score (nSPS) is 23.9. The van der Waals surface area contributed by atoms with Crippen molar-refractivity contribution in [3.8, 4) is 17.2 Å². The van der Waals surface area contributed by atoms with Gasteiger partial charge in [-0.15, -0.1) is 0 Å². The minimum Gasteiger partial charge on any atom is -0.483 e. The Kier molecular flexibility index (Phi) is 4.53. The van der Waals surface area contributed by atoms with Gasteiger partial charge in [-0.25, -0.2) is 4.39 Å². The van der Waals surface area contributed by atoms with Gasteiger partial charge in [0.15, 0.2) is 11.5 Å². The molecule has 0 radical (unpaired) electrons. The van der Waals surface area contributed by atoms with Crippen molar-refractivity contribution in [2.45, 2.75) is 25.2 Å². The van der Waals surface area contributed by atoms with E-state index in [4.69, 9.17) is 18.9 Å². The molecule has 5 nitrogen and oxygen atoms in total. The average molecular weight is 358 g/mol. The minimum absolute atomic E-state index is 0.198. The van der Waals surface area contributed by atoms with Gasteiger partial charge in [0.25, 0.3) is 0 Å². The van der Waals surface area contributed by atoms with Gasteiger partial charge in [0.05, 0.1) is 6.61 Å². The molecule has 0 saturated heterocycles. The van der Waals surface area contributed by atoms with Gasteiger partial charge >= 0.3 is 0 Å². The molecule has 0 unspecified atom stereocenters. The van der Waals surface area contributed by atoms with Crippen LogP contribution in [0.25, 0.3) is 0 Å². The molecule has 6 heteroatoms. The number of hydrogen-bond acceptors (Lipinski definition) is 5. The van der Waals surface area contributed by atoms with Crippen molar-refractivity contribution in [2.24, 2.45) is 0 Å². The first-order valence-electron chi connectivity index (χ1n) is 8.41. The Morgan fingerprint density at radius 3 is 2.77 bits per heavy atom. The Labute approximate surface area is 150 Å². The second-order valence-corrected chi connectivity index (χ2v) is 6.27. The summed E-state index contributed by atoms with van der Waals surface area (Å²) in [5, 5.41) is 9.73. The molecule has 3 atom stereocenters. The van der Waals surface area contributed by atoms with E-state index in [0.29, 0.717) is 22.8 Å². The number of hydrogen-bond donors (Lipinski definition) is 1. The molecule has 0 amide bonds. The highest BCUT2D eigenvalue weighted by Gasteiger charge is 2.30. The molecule has 0 saturated carbocycles. The smallest absolute Gasteiger partial charge is 0.231 e. The number of aryl methyl sites for hydroxylation is 1. The lowest BCUT2D eigenvalue weighted by Gasteiger charge is -2.32. The number of fused-ring (bicyclic) bond motifs is 1. The van der Waals surface area contributed by atoms with E-state index in [1.807, 2.05) is 30.4 Å². The molecule has 2 aliphatic rings. The van der Waals surface area contributed by atoms with Crippen molar-refractivity contribution in [2.75, 3.05) is 13.4 Å². The lowest BCUT2D eigenvalue weighted by Crippen LogP contribution is -2.39. The highest BCUT2D eigenvalue weighted by molar-refractivity contribution is 5.46. The zero-order valence-corrected chi connectivity index (χ0v) is 14.2. The zero-order chi connectivity index (χ0) is 18.1. The molecule has 2 aliphatic heterocycles. The van der Waals surface area contributed by atoms with E-state index in [1.165, 1.54) is 12.1 Å². The van der Waals surface area contributed by atoms with Crippen LogP contribution in [0.2, 0.25) is 0 Å². The van der Waals surface area contributed by atoms with E-state index in [1.54, 1.807) is 13.0 Å². The van der Waals surface area contributed by atoms with Crippen LogP contribution < -0.4 is 14.2 Å². The Hall–Kier alpha value is -2.57. The van der Waals surface area contributed by atoms with Crippen LogP contribution in [0.5, 0.6) is 17.2 Å². The van der Waals surface area contributed by atoms with Crippen LogP contribution >= 0.6 is 0 Å². The van der Waals surface area contributed by atoms with E-state index < -0.39 is 12.2 Å². The van der Waals surface area contributed by atoms with Crippen molar-refractivity contribution < 1.29 is 28.4 Å². The van der Waals surface area contributed by atoms with Gasteiger partial charge in [-0.2, -0.15) is 0 Å². The maximum absolute atomic E-state index is 13.2. The molecule has 2 aromatic rings. The number of aliphatic hydroxyl groups excluding tert-OH is 1. The molecule has 136 valence electrons. The van der Waals surface area contributed by atoms with E-state index in [-0.39, 0.29) is 25.3 Å². The molecule has 26 heavy (non-hydrogen) atoms. The van der Waals surface area contributed by atoms with Crippen molar-refractivity contribution in [1.82, 2.24) is 0 Å². The molecule has 1 N–H and O–H groups in total. The second kappa shape index (κ2) is 6.97. The number of halogens is 1. The highest BCUT2D eigenvalue weighted by Crippen LogP contribution is 2.37. The Morgan fingerprint density at radius 1 is 1.12 bits per heavy atom. The van der Waals surface area contributed by atoms with E-state index >= 15 is 0 Å². The largest absolute Gasteiger partial charge is 0.483 e. The predicted molar refractivity (Wildman–Crippen MR) is 92.0 cm³/mol. The van der Waals surface area contributed by atoms with Crippen LogP contribution in [0.15, 0.2) is 48.6 Å². The number of benzene rings is 2. The topological polar surface area (TPSA) is 57.2 Å². The van der Waals surface area contributed by atoms with E-state index in [2.05, 4.69) is 0 Å². The maximum atomic E-state index is 13.2. The summed E-state index contributed by atoms with van der Waals surface area (Å²) in [6, 6.07) is 9.95. The van der Waals surface area contributed by atoms with Crippen LogP contribution in [0.4, 0.5) is 4.39 Å². The van der Waals surface area contributed by atoms with Gasteiger partial charge in [0, 0.05) is 0 Å². The summed E-state index contributed by atoms with van der Waals surface area (Å²) in [7, 11) is 0. The first kappa shape index (κ1) is 16.9. The van der Waals surface area contributed by atoms with Crippen molar-refractivity contribution in [1.29, 1.82) is 0 Å². The van der Waals surface area contributed by atoms with Gasteiger partial charge in [-0.05, 0) is 54.5 Å². The highest BCUT2D eigenvalue weighted by atomic mass is 19.1. The summed E-state index contributed by atoms with van der Waals surface area (Å²) in [4.78, 5) is 0. The molecule has 0 bridgehead atoms. The second-order valence-electron chi connectivity index (χ2n) is 6.27. The van der Waals surface area contributed by atoms with Crippen LogP contribution in [-0.2, 0) is 4.74 Å². The van der Waals surface area contributed by atoms with E-state index in [9.17, 15) is 9.50 Å². The molecule has 2 heterocycles. The quantitative estimate of drug-likeness (QED) is 0.850. The van der Waals surface area contributed by atoms with Crippen LogP contribution in [0.3, 0.4) is 0 Å². The Balaban J connectivity index is 1.53. The predicted octanol–water partition coefficient (Wildman–Crippen LogP) is 3.30. The fourth-order valence-corrected chi connectivity index (χ4v) is 3.08. The Bertz CT molecular complexity index is 835. The number of ether oxygens (including phenoxy) is 4. The third-order valence-corrected chi connectivity index (χ3v) is 4.47. The zero-order valence-electron chi connectivity index (χ0n) is 14.2. The van der Waals surface area contributed by atoms with Crippen molar-refractivity contribution in [3.05, 3.63) is 65.5 Å². The molecule has 2 aromatic carbocycles. The first-order chi connectivity index (χ1) is 12.6. The summed E-state index contributed by atoms with van der Waals surface area (Å²) in [5.74, 6) is 1.64. The molecule has 0 spiro atoms. The lowest BCUT2D eigenvalue weighted by atomic mass is 10.0. The standard InChI is InChI=1S/C20H19FO5/c1-12-8-14(21)3-5-15(12)25-18-7-6-16(26-20(18)10-22)13-2-4-17-19(9-13)24-11-23-17/h2-9,16,18,20,22H,10-11H2,1H3/t16-,18-,20-/m0/s1. The minimum atomic E-state index is -0.542. The summed E-state index contributed by atoms with van der Waals surface area (Å²) in [5.41, 5.74) is 1.59. The molecule has 0 fully saturated rings. The monoisotopic (exact) mass is 358 g/mol. The van der Waals surface area contributed by atoms with Crippen LogP contribution in [0, 0.1) is 12.7 Å². The first-order valence-corrected chi connectivity index (χ1v) is 8.41. The van der Waals surface area contributed by atoms with Gasteiger partial charge in [-0.1, -0.05) is 12.1 Å². The summed E-state index contributed by atoms with van der Waals surface area (Å²) in [6.07, 6.45) is 2.42. The molecular weight excluding hydrogens is 339 g/mol. The van der Waals surface area contributed by atoms with Crippen molar-refractivity contribution in [3.63, 3.8) is 0 Å². The molecule has 4 rings (SSSR count). The van der Waals surface area contributed by atoms with Crippen LogP contribution in [0.1, 0.15) is 17.2 Å².